The Hall–Kier alpha value is -8.49. The fraction of sp³-hybridized carbons (Fsp3) is 0.314. The molecule has 0 bridgehead atoms. The number of aromatic amines is 3. The molecule has 476 valence electrons. The Labute approximate surface area is 544 Å². The van der Waals surface area contributed by atoms with Gasteiger partial charge >= 0.3 is 0 Å². The molecular weight excluding hydrogens is 1210 g/mol. The molecule has 6 aromatic carbocycles. The summed E-state index contributed by atoms with van der Waals surface area (Å²) in [7, 11) is 0. The third kappa shape index (κ3) is 17.5. The molecule has 3 heterocycles. The second kappa shape index (κ2) is 31.5. The van der Waals surface area contributed by atoms with Crippen molar-refractivity contribution in [1.29, 1.82) is 0 Å². The number of halogens is 3. The van der Waals surface area contributed by atoms with Crippen molar-refractivity contribution in [2.24, 2.45) is 17.2 Å². The van der Waals surface area contributed by atoms with Crippen molar-refractivity contribution in [3.63, 3.8) is 0 Å². The number of nitrogens with two attached hydrogens (primary N) is 3. The minimum absolute atomic E-state index is 0.0559. The van der Waals surface area contributed by atoms with Crippen LogP contribution in [0.5, 0.6) is 0 Å². The number of rotatable bonds is 30. The highest BCUT2D eigenvalue weighted by Crippen LogP contribution is 2.35. The second-order valence-corrected chi connectivity index (χ2v) is 24.6. The zero-order valence-electron chi connectivity index (χ0n) is 51.4. The van der Waals surface area contributed by atoms with Gasteiger partial charge in [-0.05, 0) is 204 Å². The molecule has 9 aromatic rings. The number of hydrogen-bond acceptors (Lipinski definition) is 9. The van der Waals surface area contributed by atoms with Crippen LogP contribution in [0.3, 0.4) is 0 Å². The van der Waals surface area contributed by atoms with Gasteiger partial charge in [0.05, 0.1) is 19.3 Å². The average molecular weight is 1290 g/mol. The molecule has 0 radical (unpaired) electrons. The predicted octanol–water partition coefficient (Wildman–Crippen LogP) is 11.6. The highest BCUT2D eigenvalue weighted by Gasteiger charge is 2.27. The third-order valence-electron chi connectivity index (χ3n) is 16.6. The van der Waals surface area contributed by atoms with E-state index in [9.17, 15) is 28.8 Å². The van der Waals surface area contributed by atoms with Crippen LogP contribution in [0.25, 0.3) is 32.7 Å². The van der Waals surface area contributed by atoms with E-state index in [2.05, 4.69) is 46.9 Å². The summed E-state index contributed by atoms with van der Waals surface area (Å²) in [5, 5.41) is 22.4. The van der Waals surface area contributed by atoms with Crippen molar-refractivity contribution < 1.29 is 28.8 Å². The Morgan fingerprint density at radius 1 is 0.385 bits per heavy atom. The first-order valence-electron chi connectivity index (χ1n) is 30.9. The highest BCUT2D eigenvalue weighted by molar-refractivity contribution is 6.32. The molecule has 3 atom stereocenters. The number of benzene rings is 6. The number of hydrogen-bond donors (Lipinski definition) is 12. The summed E-state index contributed by atoms with van der Waals surface area (Å²) in [6.45, 7) is 7.03. The van der Waals surface area contributed by atoms with E-state index in [0.717, 1.165) is 83.2 Å². The van der Waals surface area contributed by atoms with Gasteiger partial charge in [0.15, 0.2) is 0 Å². The van der Waals surface area contributed by atoms with Crippen LogP contribution in [-0.2, 0) is 48.0 Å². The van der Waals surface area contributed by atoms with Crippen LogP contribution >= 0.6 is 34.8 Å². The van der Waals surface area contributed by atoms with Gasteiger partial charge < -0.3 is 64.1 Å². The zero-order chi connectivity index (χ0) is 64.7. The number of aromatic nitrogens is 3. The topological polar surface area (TPSA) is 300 Å². The summed E-state index contributed by atoms with van der Waals surface area (Å²) < 4.78 is 0. The number of aryl methyl sites for hydroxylation is 3. The monoisotopic (exact) mass is 1290 g/mol. The number of H-pyrrole nitrogens is 3. The smallest absolute Gasteiger partial charge is 0.246 e. The summed E-state index contributed by atoms with van der Waals surface area (Å²) in [6.07, 6.45) is 5.18. The van der Waals surface area contributed by atoms with Crippen molar-refractivity contribution in [2.45, 2.75) is 122 Å². The van der Waals surface area contributed by atoms with Crippen molar-refractivity contribution >= 4 is 120 Å². The predicted molar refractivity (Wildman–Crippen MR) is 366 cm³/mol. The maximum absolute atomic E-state index is 14.1. The Balaban J connectivity index is 0.938. The minimum Gasteiger partial charge on any atom is -0.358 e. The van der Waals surface area contributed by atoms with Crippen LogP contribution in [0.1, 0.15) is 114 Å². The van der Waals surface area contributed by atoms with Crippen LogP contribution in [0.2, 0.25) is 15.1 Å². The van der Waals surface area contributed by atoms with Gasteiger partial charge in [0.2, 0.25) is 35.4 Å². The zero-order valence-corrected chi connectivity index (χ0v) is 53.6. The van der Waals surface area contributed by atoms with E-state index in [0.29, 0.717) is 110 Å². The van der Waals surface area contributed by atoms with Crippen molar-refractivity contribution in [1.82, 2.24) is 30.9 Å². The van der Waals surface area contributed by atoms with Crippen LogP contribution in [-0.4, -0.2) is 88.2 Å². The lowest BCUT2D eigenvalue weighted by molar-refractivity contribution is -0.126. The number of carbonyl (C=O) groups is 6. The Bertz CT molecular complexity index is 3640. The Kier molecular flexibility index (Phi) is 23.2. The van der Waals surface area contributed by atoms with E-state index < -0.39 is 24.0 Å². The molecule has 0 saturated heterocycles. The molecule has 0 unspecified atom stereocenters. The molecule has 0 aliphatic rings. The molecule has 0 fully saturated rings. The van der Waals surface area contributed by atoms with E-state index in [4.69, 9.17) is 52.0 Å². The molecule has 6 amide bonds. The van der Waals surface area contributed by atoms with E-state index in [1.54, 1.807) is 18.2 Å². The summed E-state index contributed by atoms with van der Waals surface area (Å²) >= 11 is 18.8. The van der Waals surface area contributed by atoms with Gasteiger partial charge in [0.1, 0.15) is 18.1 Å². The van der Waals surface area contributed by atoms with Crippen LogP contribution in [0.4, 0.5) is 17.1 Å². The molecule has 0 aliphatic carbocycles. The molecule has 15 N–H and O–H groups in total. The number of nitrogens with one attached hydrogen (secondary N) is 9. The number of anilines is 3. The van der Waals surface area contributed by atoms with Gasteiger partial charge in [-0.1, -0.05) is 89.4 Å². The van der Waals surface area contributed by atoms with Crippen LogP contribution in [0.15, 0.2) is 127 Å². The van der Waals surface area contributed by atoms with Gasteiger partial charge in [-0.15, -0.1) is 0 Å². The lowest BCUT2D eigenvalue weighted by atomic mass is 9.85. The molecular formula is C70H79Cl3N12O6. The van der Waals surface area contributed by atoms with Gasteiger partial charge in [-0.2, -0.15) is 0 Å². The molecule has 3 aromatic heterocycles. The number of carbonyl (C=O) groups excluding carboxylic acids is 6. The summed E-state index contributed by atoms with van der Waals surface area (Å²) in [5.41, 5.74) is 29.1. The normalized spacial score (nSPS) is 12.5. The largest absolute Gasteiger partial charge is 0.358 e. The Morgan fingerprint density at radius 3 is 0.901 bits per heavy atom. The molecule has 0 saturated carbocycles. The minimum atomic E-state index is -0.843. The van der Waals surface area contributed by atoms with Crippen LogP contribution in [0, 0.1) is 20.8 Å². The summed E-state index contributed by atoms with van der Waals surface area (Å²) in [4.78, 5) is 93.4. The van der Waals surface area contributed by atoms with Gasteiger partial charge in [0, 0.05) is 87.8 Å². The molecule has 91 heavy (non-hydrogen) atoms. The van der Waals surface area contributed by atoms with Gasteiger partial charge in [0.25, 0.3) is 0 Å². The van der Waals surface area contributed by atoms with E-state index >= 15 is 0 Å². The first-order valence-corrected chi connectivity index (χ1v) is 32.0. The second-order valence-electron chi connectivity index (χ2n) is 23.3. The van der Waals surface area contributed by atoms with Gasteiger partial charge in [-0.3, -0.25) is 28.8 Å². The first-order chi connectivity index (χ1) is 43.9. The van der Waals surface area contributed by atoms with E-state index in [-0.39, 0.29) is 54.7 Å². The fourth-order valence-corrected chi connectivity index (χ4v) is 12.3. The van der Waals surface area contributed by atoms with Crippen LogP contribution < -0.4 is 49.1 Å². The molecule has 0 spiro atoms. The highest BCUT2D eigenvalue weighted by atomic mass is 35.5. The molecule has 9 rings (SSSR count). The van der Waals surface area contributed by atoms with E-state index in [1.807, 2.05) is 130 Å². The number of fused-ring (bicyclic) bond motifs is 3. The van der Waals surface area contributed by atoms with Crippen molar-refractivity contribution in [3.8, 4) is 0 Å². The average Bonchev–Trinajstić information content (AvgIpc) is 1.83. The maximum Gasteiger partial charge on any atom is 0.246 e. The summed E-state index contributed by atoms with van der Waals surface area (Å²) in [6, 6.07) is 36.3. The van der Waals surface area contributed by atoms with E-state index in [1.165, 1.54) is 0 Å². The lowest BCUT2D eigenvalue weighted by Crippen LogP contribution is -2.44. The third-order valence-corrected chi connectivity index (χ3v) is 17.3. The SMILES string of the molecule is Cc1[nH]c2cc(Cl)ccc2c1CC(=O)N[C@H](CCCCN)C(=O)Nc1ccc(C(c2ccc(NC(=O)[C@@H](CCCCN)NC(=O)Cc3c(C)[nH]c4cc(Cl)ccc34)cc2)c2ccc(NC(=O)[C@@H](CCCCN)NC(=O)Cc3c(C)[nH]c4cc(Cl)ccc34)cc2)cc1. The number of amides is 6. The van der Waals surface area contributed by atoms with Crippen molar-refractivity contribution in [2.75, 3.05) is 35.6 Å². The molecule has 21 heteroatoms. The number of unbranched alkanes of at least 4 members (excludes halogenated alkanes) is 3. The van der Waals surface area contributed by atoms with Crippen molar-refractivity contribution in [3.05, 3.63) is 193 Å². The first kappa shape index (κ1) is 66.9. The standard InChI is InChI=1S/C70H79Cl3N12O6/c1-40-55(52-28-19-46(71)34-61(52)77-40)37-64(86)83-58(10-4-7-31-74)68(89)80-49-22-13-43(14-23-49)67(44-15-24-50(25-16-44)81-69(90)59(11-5-8-32-75)84-65(87)38-56-41(2)78-62-35-47(72)20-29-53(56)62)45-17-26-51(27-18-45)82-70(91)60(12-6-9-33-76)85-66(88)39-57-42(3)79-63-36-48(73)21-30-54(57)63/h13-30,34-36,58-60,67,77-79H,4-12,31-33,37-39,74-76H2,1-3H3,(H,80,89)(H,81,90)(H,82,91)(H,83,86)(H,84,87)(H,85,88)/t58-,59-,60-/m1/s1. The lowest BCUT2D eigenvalue weighted by Gasteiger charge is -2.22. The maximum atomic E-state index is 14.1. The quantitative estimate of drug-likeness (QED) is 0.0150. The fourth-order valence-electron chi connectivity index (χ4n) is 11.8. The molecule has 18 nitrogen and oxygen atoms in total. The summed E-state index contributed by atoms with van der Waals surface area (Å²) in [5.74, 6) is -2.45. The molecule has 0 aliphatic heterocycles. The Morgan fingerprint density at radius 2 is 0.648 bits per heavy atom. The van der Waals surface area contributed by atoms with Gasteiger partial charge in [-0.25, -0.2) is 0 Å².